The summed E-state index contributed by atoms with van der Waals surface area (Å²) in [6, 6.07) is -0.897. The number of Topliss-reactive ketones (excluding diaryl/α,β-unsaturated/α-hetero) is 1. The van der Waals surface area contributed by atoms with Crippen molar-refractivity contribution in [3.63, 3.8) is 0 Å². The maximum absolute atomic E-state index is 11.6. The van der Waals surface area contributed by atoms with Crippen molar-refractivity contribution in [3.05, 3.63) is 11.5 Å². The lowest BCUT2D eigenvalue weighted by Crippen LogP contribution is -2.47. The number of carbonyl (C=O) groups excluding carboxylic acids is 1. The number of rotatable bonds is 6. The lowest BCUT2D eigenvalue weighted by molar-refractivity contribution is -0.145. The Kier molecular flexibility index (Phi) is 4.54. The second-order valence-electron chi connectivity index (χ2n) is 4.88. The molecule has 1 aliphatic heterocycles. The average molecular weight is 272 g/mol. The predicted molar refractivity (Wildman–Crippen MR) is 67.1 cm³/mol. The fourth-order valence-corrected chi connectivity index (χ4v) is 2.11. The molecule has 0 saturated carbocycles. The molecular weight excluding hydrogens is 252 g/mol. The minimum absolute atomic E-state index is 0.327. The van der Waals surface area contributed by atoms with Gasteiger partial charge >= 0.3 is 5.97 Å². The number of aliphatic hydroxyl groups is 2. The molecule has 0 aromatic carbocycles. The molecule has 0 aromatic rings. The van der Waals surface area contributed by atoms with Crippen LogP contribution in [0.3, 0.4) is 0 Å². The second kappa shape index (κ2) is 5.58. The van der Waals surface area contributed by atoms with Crippen LogP contribution >= 0.6 is 0 Å². The van der Waals surface area contributed by atoms with Crippen molar-refractivity contribution in [1.82, 2.24) is 4.90 Å². The summed E-state index contributed by atoms with van der Waals surface area (Å²) in [5, 5.41) is 28.2. The molecule has 0 amide bonds. The molecule has 108 valence electrons. The monoisotopic (exact) mass is 272 g/mol. The number of aliphatic hydroxyl groups excluding tert-OH is 1. The minimum atomic E-state index is -1.73. The number of nitrogens with zero attached hydrogens (tertiary/aromatic N) is 1. The fraction of sp³-hybridized carbons (Fsp3) is 0.667. The molecule has 0 saturated heterocycles. The summed E-state index contributed by atoms with van der Waals surface area (Å²) in [6.07, 6.45) is 1.45. The van der Waals surface area contributed by atoms with Crippen molar-refractivity contribution >= 4 is 11.8 Å². The van der Waals surface area contributed by atoms with Crippen LogP contribution < -0.4 is 5.73 Å². The second-order valence-corrected chi connectivity index (χ2v) is 4.88. The van der Waals surface area contributed by atoms with E-state index in [1.807, 2.05) is 0 Å². The van der Waals surface area contributed by atoms with Gasteiger partial charge in [-0.3, -0.25) is 9.59 Å². The summed E-state index contributed by atoms with van der Waals surface area (Å²) in [4.78, 5) is 23.5. The molecule has 7 heteroatoms. The zero-order chi connectivity index (χ0) is 14.8. The molecule has 1 unspecified atom stereocenters. The van der Waals surface area contributed by atoms with Crippen LogP contribution in [0.25, 0.3) is 0 Å². The molecule has 1 aliphatic rings. The highest BCUT2D eigenvalue weighted by Crippen LogP contribution is 2.30. The Morgan fingerprint density at radius 3 is 2.47 bits per heavy atom. The Hall–Kier alpha value is -1.60. The summed E-state index contributed by atoms with van der Waals surface area (Å²) in [7, 11) is 0. The van der Waals surface area contributed by atoms with Crippen LogP contribution in [-0.4, -0.2) is 50.3 Å². The smallest absolute Gasteiger partial charge is 0.320 e. The standard InChI is InChI=1S/C12H20N2O5/c1-7-9(15)10(16)12(2,19)14(7)6-4-3-5-8(13)11(17)18/h8,15,19H,3-6,13H2,1-2H3,(H,17,18)/t8-,12?/m0/s1. The summed E-state index contributed by atoms with van der Waals surface area (Å²) in [6.45, 7) is 3.23. The number of aliphatic carboxylic acids is 1. The van der Waals surface area contributed by atoms with E-state index in [0.29, 0.717) is 31.5 Å². The molecule has 2 atom stereocenters. The first kappa shape index (κ1) is 15.5. The lowest BCUT2D eigenvalue weighted by Gasteiger charge is -2.31. The molecule has 7 nitrogen and oxygen atoms in total. The Morgan fingerprint density at radius 1 is 1.47 bits per heavy atom. The number of hydrogen-bond donors (Lipinski definition) is 4. The number of nitrogens with two attached hydrogens (primary N) is 1. The van der Waals surface area contributed by atoms with Crippen LogP contribution in [0.15, 0.2) is 11.5 Å². The van der Waals surface area contributed by atoms with E-state index in [9.17, 15) is 19.8 Å². The van der Waals surface area contributed by atoms with Gasteiger partial charge in [0.25, 0.3) is 5.78 Å². The topological polar surface area (TPSA) is 124 Å². The maximum Gasteiger partial charge on any atom is 0.320 e. The summed E-state index contributed by atoms with van der Waals surface area (Å²) in [5.41, 5.74) is 3.97. The summed E-state index contributed by atoms with van der Waals surface area (Å²) >= 11 is 0. The number of unbranched alkanes of at least 4 members (excludes halogenated alkanes) is 1. The van der Waals surface area contributed by atoms with Gasteiger partial charge in [-0.1, -0.05) is 0 Å². The molecule has 0 bridgehead atoms. The van der Waals surface area contributed by atoms with Crippen molar-refractivity contribution in [1.29, 1.82) is 0 Å². The van der Waals surface area contributed by atoms with Crippen LogP contribution in [-0.2, 0) is 9.59 Å². The molecular formula is C12H20N2O5. The zero-order valence-electron chi connectivity index (χ0n) is 11.1. The normalized spacial score (nSPS) is 25.1. The van der Waals surface area contributed by atoms with Gasteiger partial charge < -0.3 is 26.0 Å². The number of carboxylic acid groups (broad SMARTS) is 1. The molecule has 0 aromatic heterocycles. The Balaban J connectivity index is 2.50. The third kappa shape index (κ3) is 3.05. The van der Waals surface area contributed by atoms with E-state index in [4.69, 9.17) is 10.8 Å². The molecule has 1 rings (SSSR count). The van der Waals surface area contributed by atoms with Crippen molar-refractivity contribution in [2.75, 3.05) is 6.54 Å². The first-order valence-electron chi connectivity index (χ1n) is 6.12. The van der Waals surface area contributed by atoms with Crippen molar-refractivity contribution in [2.45, 2.75) is 44.9 Å². The van der Waals surface area contributed by atoms with Crippen LogP contribution in [0.5, 0.6) is 0 Å². The Morgan fingerprint density at radius 2 is 2.05 bits per heavy atom. The lowest BCUT2D eigenvalue weighted by atomic mass is 10.1. The quantitative estimate of drug-likeness (QED) is 0.500. The van der Waals surface area contributed by atoms with Gasteiger partial charge in [0, 0.05) is 6.54 Å². The van der Waals surface area contributed by atoms with Gasteiger partial charge in [0.05, 0.1) is 5.70 Å². The van der Waals surface area contributed by atoms with Crippen LogP contribution in [0.4, 0.5) is 0 Å². The van der Waals surface area contributed by atoms with E-state index in [1.165, 1.54) is 11.8 Å². The highest BCUT2D eigenvalue weighted by molar-refractivity contribution is 6.02. The summed E-state index contributed by atoms with van der Waals surface area (Å²) < 4.78 is 0. The number of allylic oxidation sites excluding steroid dienone is 1. The van der Waals surface area contributed by atoms with Gasteiger partial charge in [0.15, 0.2) is 5.76 Å². The number of carbonyl (C=O) groups is 2. The predicted octanol–water partition coefficient (Wildman–Crippen LogP) is -0.0487. The molecule has 19 heavy (non-hydrogen) atoms. The maximum atomic E-state index is 11.6. The number of ketones is 1. The van der Waals surface area contributed by atoms with E-state index in [0.717, 1.165) is 0 Å². The highest BCUT2D eigenvalue weighted by Gasteiger charge is 2.46. The molecule has 5 N–H and O–H groups in total. The fourth-order valence-electron chi connectivity index (χ4n) is 2.11. The summed E-state index contributed by atoms with van der Waals surface area (Å²) in [5.74, 6) is -2.18. The van der Waals surface area contributed by atoms with E-state index in [1.54, 1.807) is 6.92 Å². The third-order valence-electron chi connectivity index (χ3n) is 3.38. The van der Waals surface area contributed by atoms with E-state index >= 15 is 0 Å². The molecule has 0 spiro atoms. The zero-order valence-corrected chi connectivity index (χ0v) is 11.1. The SMILES string of the molecule is CC1=C(O)C(=O)C(C)(O)N1CCCC[C@H](N)C(=O)O. The van der Waals surface area contributed by atoms with Crippen LogP contribution in [0.2, 0.25) is 0 Å². The molecule has 0 fully saturated rings. The molecule has 1 heterocycles. The van der Waals surface area contributed by atoms with Crippen molar-refractivity contribution < 1.29 is 24.9 Å². The van der Waals surface area contributed by atoms with Gasteiger partial charge in [0.2, 0.25) is 5.72 Å². The third-order valence-corrected chi connectivity index (χ3v) is 3.38. The number of carboxylic acids is 1. The Bertz CT molecular complexity index is 416. The van der Waals surface area contributed by atoms with Crippen LogP contribution in [0, 0.1) is 0 Å². The van der Waals surface area contributed by atoms with E-state index < -0.39 is 29.3 Å². The van der Waals surface area contributed by atoms with E-state index in [-0.39, 0.29) is 0 Å². The average Bonchev–Trinajstić information content (AvgIpc) is 2.47. The van der Waals surface area contributed by atoms with E-state index in [2.05, 4.69) is 0 Å². The molecule has 0 radical (unpaired) electrons. The minimum Gasteiger partial charge on any atom is -0.503 e. The van der Waals surface area contributed by atoms with Crippen molar-refractivity contribution in [3.8, 4) is 0 Å². The highest BCUT2D eigenvalue weighted by atomic mass is 16.4. The number of hydrogen-bond acceptors (Lipinski definition) is 6. The Labute approximate surface area is 111 Å². The largest absolute Gasteiger partial charge is 0.503 e. The van der Waals surface area contributed by atoms with Gasteiger partial charge in [0.1, 0.15) is 6.04 Å². The van der Waals surface area contributed by atoms with Crippen molar-refractivity contribution in [2.24, 2.45) is 5.73 Å². The van der Waals surface area contributed by atoms with Crippen LogP contribution in [0.1, 0.15) is 33.1 Å². The molecule has 0 aliphatic carbocycles. The van der Waals surface area contributed by atoms with Gasteiger partial charge in [-0.05, 0) is 33.1 Å². The van der Waals surface area contributed by atoms with Gasteiger partial charge in [-0.25, -0.2) is 0 Å². The first-order valence-corrected chi connectivity index (χ1v) is 6.12. The van der Waals surface area contributed by atoms with Gasteiger partial charge in [-0.15, -0.1) is 0 Å². The van der Waals surface area contributed by atoms with Gasteiger partial charge in [-0.2, -0.15) is 0 Å². The first-order chi connectivity index (χ1) is 8.69.